The van der Waals surface area contributed by atoms with Gasteiger partial charge in [-0.15, -0.1) is 0 Å². The number of rotatable bonds is 3. The fraction of sp³-hybridized carbons (Fsp3) is 0.421. The van der Waals surface area contributed by atoms with Crippen molar-refractivity contribution in [2.24, 2.45) is 5.92 Å². The molecule has 1 atom stereocenters. The highest BCUT2D eigenvalue weighted by Crippen LogP contribution is 2.20. The van der Waals surface area contributed by atoms with Crippen molar-refractivity contribution in [3.05, 3.63) is 47.3 Å². The molecule has 1 aliphatic heterocycles. The molecule has 1 fully saturated rings. The number of anilines is 2. The third-order valence-electron chi connectivity index (χ3n) is 4.48. The van der Waals surface area contributed by atoms with Gasteiger partial charge in [-0.1, -0.05) is 19.1 Å². The van der Waals surface area contributed by atoms with E-state index >= 15 is 0 Å². The Bertz CT molecular complexity index is 727. The Morgan fingerprint density at radius 3 is 2.71 bits per heavy atom. The Hall–Kier alpha value is -2.43. The van der Waals surface area contributed by atoms with Gasteiger partial charge in [0.15, 0.2) is 0 Å². The summed E-state index contributed by atoms with van der Waals surface area (Å²) in [5.74, 6) is 1.20. The van der Waals surface area contributed by atoms with E-state index in [4.69, 9.17) is 0 Å². The zero-order chi connectivity index (χ0) is 17.1. The van der Waals surface area contributed by atoms with Gasteiger partial charge in [0.1, 0.15) is 0 Å². The Balaban J connectivity index is 1.70. The second-order valence-corrected chi connectivity index (χ2v) is 6.74. The molecule has 1 unspecified atom stereocenters. The fourth-order valence-electron chi connectivity index (χ4n) is 3.04. The lowest BCUT2D eigenvalue weighted by atomic mass is 10.0. The van der Waals surface area contributed by atoms with Gasteiger partial charge in [0.2, 0.25) is 5.95 Å². The van der Waals surface area contributed by atoms with Gasteiger partial charge in [0.05, 0.1) is 5.56 Å². The molecule has 0 radical (unpaired) electrons. The van der Waals surface area contributed by atoms with Gasteiger partial charge in [0.25, 0.3) is 5.91 Å². The van der Waals surface area contributed by atoms with Crippen LogP contribution in [0, 0.1) is 19.8 Å². The molecule has 126 valence electrons. The van der Waals surface area contributed by atoms with Gasteiger partial charge in [-0.3, -0.25) is 4.79 Å². The predicted octanol–water partition coefficient (Wildman–Crippen LogP) is 3.58. The third-order valence-corrected chi connectivity index (χ3v) is 4.48. The summed E-state index contributed by atoms with van der Waals surface area (Å²) in [6.07, 6.45) is 5.65. The number of aryl methyl sites for hydroxylation is 2. The molecule has 5 nitrogen and oxygen atoms in total. The van der Waals surface area contributed by atoms with Crippen LogP contribution in [-0.2, 0) is 0 Å². The predicted molar refractivity (Wildman–Crippen MR) is 96.5 cm³/mol. The summed E-state index contributed by atoms with van der Waals surface area (Å²) in [4.78, 5) is 23.4. The summed E-state index contributed by atoms with van der Waals surface area (Å²) in [6.45, 7) is 8.20. The molecule has 3 rings (SSSR count). The van der Waals surface area contributed by atoms with Crippen LogP contribution in [0.3, 0.4) is 0 Å². The molecular formula is C19H24N4O. The molecule has 1 N–H and O–H groups in total. The zero-order valence-corrected chi connectivity index (χ0v) is 14.5. The Morgan fingerprint density at radius 2 is 2.00 bits per heavy atom. The molecular weight excluding hydrogens is 300 g/mol. The highest BCUT2D eigenvalue weighted by atomic mass is 16.1. The summed E-state index contributed by atoms with van der Waals surface area (Å²) < 4.78 is 0. The van der Waals surface area contributed by atoms with Gasteiger partial charge < -0.3 is 10.2 Å². The monoisotopic (exact) mass is 324 g/mol. The lowest BCUT2D eigenvalue weighted by molar-refractivity contribution is 0.102. The first kappa shape index (κ1) is 16.4. The second-order valence-electron chi connectivity index (χ2n) is 6.74. The average molecular weight is 324 g/mol. The molecule has 1 aromatic carbocycles. The number of piperidine rings is 1. The van der Waals surface area contributed by atoms with Crippen molar-refractivity contribution >= 4 is 17.5 Å². The number of aromatic nitrogens is 2. The molecule has 1 aliphatic rings. The van der Waals surface area contributed by atoms with E-state index in [0.717, 1.165) is 29.9 Å². The molecule has 2 aromatic rings. The van der Waals surface area contributed by atoms with Crippen molar-refractivity contribution in [2.45, 2.75) is 33.6 Å². The van der Waals surface area contributed by atoms with Gasteiger partial charge in [0, 0.05) is 31.2 Å². The van der Waals surface area contributed by atoms with Crippen LogP contribution >= 0.6 is 0 Å². The number of carbonyl (C=O) groups is 1. The van der Waals surface area contributed by atoms with Crippen molar-refractivity contribution in [1.29, 1.82) is 0 Å². The fourth-order valence-corrected chi connectivity index (χ4v) is 3.04. The van der Waals surface area contributed by atoms with Gasteiger partial charge >= 0.3 is 0 Å². The number of hydrogen-bond acceptors (Lipinski definition) is 4. The number of nitrogens with one attached hydrogen (secondary N) is 1. The first-order chi connectivity index (χ1) is 11.5. The molecule has 5 heteroatoms. The van der Waals surface area contributed by atoms with Crippen LogP contribution in [0.5, 0.6) is 0 Å². The summed E-state index contributed by atoms with van der Waals surface area (Å²) >= 11 is 0. The molecule has 1 amide bonds. The third kappa shape index (κ3) is 3.72. The summed E-state index contributed by atoms with van der Waals surface area (Å²) in [7, 11) is 0. The van der Waals surface area contributed by atoms with Crippen molar-refractivity contribution in [2.75, 3.05) is 23.3 Å². The average Bonchev–Trinajstić information content (AvgIpc) is 2.58. The van der Waals surface area contributed by atoms with Crippen LogP contribution in [0.4, 0.5) is 11.6 Å². The second kappa shape index (κ2) is 6.99. The van der Waals surface area contributed by atoms with Crippen molar-refractivity contribution in [1.82, 2.24) is 9.97 Å². The van der Waals surface area contributed by atoms with Crippen LogP contribution < -0.4 is 10.2 Å². The van der Waals surface area contributed by atoms with Crippen LogP contribution in [0.25, 0.3) is 0 Å². The van der Waals surface area contributed by atoms with Gasteiger partial charge in [-0.05, 0) is 49.8 Å². The largest absolute Gasteiger partial charge is 0.341 e. The van der Waals surface area contributed by atoms with Gasteiger partial charge in [-0.2, -0.15) is 0 Å². The van der Waals surface area contributed by atoms with Crippen molar-refractivity contribution in [3.63, 3.8) is 0 Å². The van der Waals surface area contributed by atoms with Crippen LogP contribution in [-0.4, -0.2) is 29.0 Å². The lowest BCUT2D eigenvalue weighted by Gasteiger charge is -2.30. The highest BCUT2D eigenvalue weighted by molar-refractivity contribution is 6.04. The van der Waals surface area contributed by atoms with E-state index in [-0.39, 0.29) is 5.91 Å². The Labute approximate surface area is 143 Å². The van der Waals surface area contributed by atoms with Gasteiger partial charge in [-0.25, -0.2) is 9.97 Å². The minimum Gasteiger partial charge on any atom is -0.341 e. The molecule has 0 aliphatic carbocycles. The van der Waals surface area contributed by atoms with Crippen LogP contribution in [0.2, 0.25) is 0 Å². The normalized spacial score (nSPS) is 17.6. The molecule has 2 heterocycles. The SMILES string of the molecule is Cc1ccc(C)c(NC(=O)c2cnc(N3CCCC(C)C3)nc2)c1. The summed E-state index contributed by atoms with van der Waals surface area (Å²) in [6, 6.07) is 6.00. The Kier molecular flexibility index (Phi) is 4.79. The molecule has 1 aromatic heterocycles. The van der Waals surface area contributed by atoms with Crippen molar-refractivity contribution in [3.8, 4) is 0 Å². The molecule has 0 spiro atoms. The maximum absolute atomic E-state index is 12.4. The first-order valence-electron chi connectivity index (χ1n) is 8.48. The maximum Gasteiger partial charge on any atom is 0.258 e. The summed E-state index contributed by atoms with van der Waals surface area (Å²) in [5, 5.41) is 2.94. The van der Waals surface area contributed by atoms with Crippen LogP contribution in [0.15, 0.2) is 30.6 Å². The number of amides is 1. The molecule has 1 saturated heterocycles. The number of hydrogen-bond donors (Lipinski definition) is 1. The van der Waals surface area contributed by atoms with E-state index in [1.54, 1.807) is 12.4 Å². The summed E-state index contributed by atoms with van der Waals surface area (Å²) in [5.41, 5.74) is 3.45. The highest BCUT2D eigenvalue weighted by Gasteiger charge is 2.19. The minimum atomic E-state index is -0.178. The molecule has 0 bridgehead atoms. The first-order valence-corrected chi connectivity index (χ1v) is 8.48. The number of nitrogens with zero attached hydrogens (tertiary/aromatic N) is 3. The Morgan fingerprint density at radius 1 is 1.25 bits per heavy atom. The standard InChI is InChI=1S/C19H24N4O/c1-13-6-7-15(3)17(9-13)22-18(24)16-10-20-19(21-11-16)23-8-4-5-14(2)12-23/h6-7,9-11,14H,4-5,8,12H2,1-3H3,(H,22,24). The van der Waals surface area contributed by atoms with E-state index in [1.165, 1.54) is 12.8 Å². The lowest BCUT2D eigenvalue weighted by Crippen LogP contribution is -2.35. The number of benzene rings is 1. The van der Waals surface area contributed by atoms with E-state index < -0.39 is 0 Å². The number of carbonyl (C=O) groups excluding carboxylic acids is 1. The quantitative estimate of drug-likeness (QED) is 0.937. The smallest absolute Gasteiger partial charge is 0.258 e. The van der Waals surface area contributed by atoms with E-state index in [2.05, 4.69) is 27.1 Å². The van der Waals surface area contributed by atoms with E-state index in [0.29, 0.717) is 17.4 Å². The van der Waals surface area contributed by atoms with E-state index in [1.807, 2.05) is 32.0 Å². The minimum absolute atomic E-state index is 0.178. The maximum atomic E-state index is 12.4. The zero-order valence-electron chi connectivity index (χ0n) is 14.5. The topological polar surface area (TPSA) is 58.1 Å². The van der Waals surface area contributed by atoms with Crippen molar-refractivity contribution < 1.29 is 4.79 Å². The van der Waals surface area contributed by atoms with E-state index in [9.17, 15) is 4.79 Å². The molecule has 24 heavy (non-hydrogen) atoms. The molecule has 0 saturated carbocycles. The van der Waals surface area contributed by atoms with Crippen LogP contribution in [0.1, 0.15) is 41.3 Å².